The minimum absolute atomic E-state index is 0.0641. The van der Waals surface area contributed by atoms with Crippen molar-refractivity contribution in [2.75, 3.05) is 5.32 Å². The number of nitrogens with zero attached hydrogens (tertiary/aromatic N) is 1. The van der Waals surface area contributed by atoms with Crippen LogP contribution in [0.5, 0.6) is 0 Å². The second-order valence-corrected chi connectivity index (χ2v) is 3.57. The zero-order valence-corrected chi connectivity index (χ0v) is 8.06. The second-order valence-electron chi connectivity index (χ2n) is 3.57. The Morgan fingerprint density at radius 3 is 2.75 bits per heavy atom. The van der Waals surface area contributed by atoms with E-state index in [0.29, 0.717) is 16.6 Å². The first-order valence-electron chi connectivity index (χ1n) is 4.70. The molecule has 2 aromatic carbocycles. The Hall–Kier alpha value is -2.43. The summed E-state index contributed by atoms with van der Waals surface area (Å²) in [5.74, 6) is -0.282. The van der Waals surface area contributed by atoms with Crippen LogP contribution in [-0.4, -0.2) is 10.8 Å². The van der Waals surface area contributed by atoms with E-state index in [4.69, 9.17) is 0 Å². The molecule has 1 N–H and O–H groups in total. The molecule has 2 aromatic rings. The summed E-state index contributed by atoms with van der Waals surface area (Å²) in [6.45, 7) is 0. The number of hydrogen-bond acceptors (Lipinski definition) is 3. The SMILES string of the molecule is O=C1Nc2c([N+](=O)[O-])ccc3cccc1c23. The van der Waals surface area contributed by atoms with Crippen molar-refractivity contribution in [3.63, 3.8) is 0 Å². The molecule has 0 spiro atoms. The first-order chi connectivity index (χ1) is 7.68. The molecule has 0 aliphatic carbocycles. The van der Waals surface area contributed by atoms with Gasteiger partial charge < -0.3 is 5.32 Å². The summed E-state index contributed by atoms with van der Waals surface area (Å²) in [5, 5.41) is 14.8. The van der Waals surface area contributed by atoms with Crippen molar-refractivity contribution in [1.29, 1.82) is 0 Å². The van der Waals surface area contributed by atoms with Crippen molar-refractivity contribution in [2.24, 2.45) is 0 Å². The summed E-state index contributed by atoms with van der Waals surface area (Å²) in [6.07, 6.45) is 0. The standard InChI is InChI=1S/C11H6N2O3/c14-11-7-3-1-2-6-4-5-8(13(15)16)10(12-11)9(6)7/h1-5H,(H,12,14). The third-order valence-electron chi connectivity index (χ3n) is 2.70. The zero-order chi connectivity index (χ0) is 11.3. The van der Waals surface area contributed by atoms with Crippen LogP contribution >= 0.6 is 0 Å². The lowest BCUT2D eigenvalue weighted by atomic mass is 10.0. The Balaban J connectivity index is 2.49. The minimum Gasteiger partial charge on any atom is -0.316 e. The molecule has 0 radical (unpaired) electrons. The molecule has 1 aliphatic rings. The molecule has 16 heavy (non-hydrogen) atoms. The highest BCUT2D eigenvalue weighted by Crippen LogP contribution is 2.39. The number of rotatable bonds is 1. The maximum atomic E-state index is 11.6. The third-order valence-corrected chi connectivity index (χ3v) is 2.70. The van der Waals surface area contributed by atoms with Crippen LogP contribution in [0.15, 0.2) is 30.3 Å². The average molecular weight is 214 g/mol. The lowest BCUT2D eigenvalue weighted by molar-refractivity contribution is -0.383. The normalized spacial score (nSPS) is 12.9. The number of benzene rings is 2. The van der Waals surface area contributed by atoms with E-state index in [1.54, 1.807) is 18.2 Å². The van der Waals surface area contributed by atoms with E-state index in [-0.39, 0.29) is 11.6 Å². The van der Waals surface area contributed by atoms with E-state index < -0.39 is 4.92 Å². The number of nitrogens with one attached hydrogen (secondary N) is 1. The van der Waals surface area contributed by atoms with Gasteiger partial charge in [0.25, 0.3) is 11.6 Å². The molecule has 0 saturated carbocycles. The Labute approximate surface area is 89.8 Å². The van der Waals surface area contributed by atoms with Crippen molar-refractivity contribution in [2.45, 2.75) is 0 Å². The van der Waals surface area contributed by atoms with E-state index in [9.17, 15) is 14.9 Å². The molecule has 1 heterocycles. The van der Waals surface area contributed by atoms with Gasteiger partial charge in [0, 0.05) is 17.0 Å². The Bertz CT molecular complexity index is 649. The highest BCUT2D eigenvalue weighted by molar-refractivity contribution is 6.25. The van der Waals surface area contributed by atoms with Crippen molar-refractivity contribution >= 4 is 28.1 Å². The molecule has 78 valence electrons. The molecule has 5 nitrogen and oxygen atoms in total. The first-order valence-corrected chi connectivity index (χ1v) is 4.70. The van der Waals surface area contributed by atoms with Gasteiger partial charge in [-0.15, -0.1) is 0 Å². The molecule has 0 unspecified atom stereocenters. The van der Waals surface area contributed by atoms with Gasteiger partial charge >= 0.3 is 0 Å². The number of carbonyl (C=O) groups is 1. The van der Waals surface area contributed by atoms with Crippen LogP contribution in [0.2, 0.25) is 0 Å². The lowest BCUT2D eigenvalue weighted by Gasteiger charge is -2.00. The number of anilines is 1. The smallest absolute Gasteiger partial charge is 0.293 e. The highest BCUT2D eigenvalue weighted by atomic mass is 16.6. The van der Waals surface area contributed by atoms with Crippen LogP contribution in [0.1, 0.15) is 10.4 Å². The average Bonchev–Trinajstić information content (AvgIpc) is 2.59. The third kappa shape index (κ3) is 0.967. The molecule has 1 amide bonds. The molecule has 3 rings (SSSR count). The number of nitro benzene ring substituents is 1. The Morgan fingerprint density at radius 1 is 1.19 bits per heavy atom. The van der Waals surface area contributed by atoms with Crippen molar-refractivity contribution in [3.05, 3.63) is 46.0 Å². The molecule has 0 atom stereocenters. The van der Waals surface area contributed by atoms with E-state index in [1.807, 2.05) is 6.07 Å². The van der Waals surface area contributed by atoms with Gasteiger partial charge in [0.2, 0.25) is 0 Å². The van der Waals surface area contributed by atoms with Crippen molar-refractivity contribution in [3.8, 4) is 0 Å². The van der Waals surface area contributed by atoms with E-state index in [2.05, 4.69) is 5.32 Å². The van der Waals surface area contributed by atoms with Crippen LogP contribution in [0.4, 0.5) is 11.4 Å². The number of hydrogen-bond donors (Lipinski definition) is 1. The first kappa shape index (κ1) is 8.84. The van der Waals surface area contributed by atoms with Crippen molar-refractivity contribution in [1.82, 2.24) is 0 Å². The van der Waals surface area contributed by atoms with Gasteiger partial charge in [-0.2, -0.15) is 0 Å². The maximum Gasteiger partial charge on any atom is 0.293 e. The van der Waals surface area contributed by atoms with Gasteiger partial charge in [-0.25, -0.2) is 0 Å². The van der Waals surface area contributed by atoms with Crippen LogP contribution in [0.25, 0.3) is 10.8 Å². The topological polar surface area (TPSA) is 72.2 Å². The number of carbonyl (C=O) groups excluding carboxylic acids is 1. The van der Waals surface area contributed by atoms with Gasteiger partial charge in [0.1, 0.15) is 5.69 Å². The summed E-state index contributed by atoms with van der Waals surface area (Å²) in [5.41, 5.74) is 0.741. The quantitative estimate of drug-likeness (QED) is 0.584. The number of nitro groups is 1. The van der Waals surface area contributed by atoms with Crippen LogP contribution < -0.4 is 5.32 Å². The van der Waals surface area contributed by atoms with Crippen molar-refractivity contribution < 1.29 is 9.72 Å². The summed E-state index contributed by atoms with van der Waals surface area (Å²) < 4.78 is 0. The predicted molar refractivity (Wildman–Crippen MR) is 58.6 cm³/mol. The van der Waals surface area contributed by atoms with Crippen LogP contribution in [-0.2, 0) is 0 Å². The fourth-order valence-corrected chi connectivity index (χ4v) is 2.02. The maximum absolute atomic E-state index is 11.6. The highest BCUT2D eigenvalue weighted by Gasteiger charge is 2.28. The lowest BCUT2D eigenvalue weighted by Crippen LogP contribution is -2.05. The van der Waals surface area contributed by atoms with Gasteiger partial charge in [-0.1, -0.05) is 12.1 Å². The summed E-state index contributed by atoms with van der Waals surface area (Å²) >= 11 is 0. The second kappa shape index (κ2) is 2.79. The van der Waals surface area contributed by atoms with E-state index in [1.165, 1.54) is 6.07 Å². The van der Waals surface area contributed by atoms with E-state index >= 15 is 0 Å². The van der Waals surface area contributed by atoms with Gasteiger partial charge in [-0.05, 0) is 17.5 Å². The fourth-order valence-electron chi connectivity index (χ4n) is 2.02. The minimum atomic E-state index is -0.489. The zero-order valence-electron chi connectivity index (χ0n) is 8.06. The predicted octanol–water partition coefficient (Wildman–Crippen LogP) is 2.31. The van der Waals surface area contributed by atoms with Crippen LogP contribution in [0.3, 0.4) is 0 Å². The molecule has 0 bridgehead atoms. The van der Waals surface area contributed by atoms with Gasteiger partial charge in [-0.3, -0.25) is 14.9 Å². The Morgan fingerprint density at radius 2 is 2.00 bits per heavy atom. The fraction of sp³-hybridized carbons (Fsp3) is 0. The molecule has 0 saturated heterocycles. The van der Waals surface area contributed by atoms with Gasteiger partial charge in [0.05, 0.1) is 4.92 Å². The summed E-state index contributed by atoms with van der Waals surface area (Å²) in [4.78, 5) is 21.9. The molecule has 0 aromatic heterocycles. The monoisotopic (exact) mass is 214 g/mol. The largest absolute Gasteiger partial charge is 0.316 e. The van der Waals surface area contributed by atoms with Gasteiger partial charge in [0.15, 0.2) is 0 Å². The Kier molecular flexibility index (Phi) is 1.54. The summed E-state index contributed by atoms with van der Waals surface area (Å²) in [6, 6.07) is 8.32. The number of amides is 1. The molecular formula is C11H6N2O3. The van der Waals surface area contributed by atoms with Crippen LogP contribution in [0, 0.1) is 10.1 Å². The summed E-state index contributed by atoms with van der Waals surface area (Å²) in [7, 11) is 0. The molecule has 0 fully saturated rings. The molecule has 1 aliphatic heterocycles. The molecule has 5 heteroatoms. The van der Waals surface area contributed by atoms with E-state index in [0.717, 1.165) is 5.39 Å². The molecular weight excluding hydrogens is 208 g/mol.